The average molecular weight is 698 g/mol. The first kappa shape index (κ1) is 35.7. The van der Waals surface area contributed by atoms with Gasteiger partial charge in [-0.05, 0) is 84.3 Å². The Kier molecular flexibility index (Phi) is 12.3. The normalized spacial score (nSPS) is 11.5. The molecule has 2 heterocycles. The number of amides is 1. The summed E-state index contributed by atoms with van der Waals surface area (Å²) in [7, 11) is 3.14. The van der Waals surface area contributed by atoms with Crippen molar-refractivity contribution in [3.8, 4) is 11.5 Å². The average Bonchev–Trinajstić information content (AvgIpc) is 3.54. The van der Waals surface area contributed by atoms with Crippen molar-refractivity contribution in [1.29, 1.82) is 0 Å². The first-order valence-corrected chi connectivity index (χ1v) is 16.5. The number of nitrogens with one attached hydrogen (secondary N) is 2. The monoisotopic (exact) mass is 697 g/mol. The molecule has 0 radical (unpaired) electrons. The summed E-state index contributed by atoms with van der Waals surface area (Å²) in [5.74, 6) is -0.107. The minimum absolute atomic E-state index is 0.00775. The summed E-state index contributed by atoms with van der Waals surface area (Å²) in [6.07, 6.45) is 4.16. The van der Waals surface area contributed by atoms with E-state index >= 15 is 0 Å². The number of aryl methyl sites for hydroxylation is 2. The molecule has 0 fully saturated rings. The third-order valence-corrected chi connectivity index (χ3v) is 8.39. The number of nitrogen functional groups attached to an aromatic ring is 1. The fourth-order valence-electron chi connectivity index (χ4n) is 5.28. The van der Waals surface area contributed by atoms with Crippen LogP contribution in [0, 0.1) is 0 Å². The Morgan fingerprint density at radius 3 is 2.04 bits per heavy atom. The van der Waals surface area contributed by atoms with Crippen LogP contribution >= 0.6 is 12.6 Å². The number of carbonyl (C=O) groups excluding carboxylic acids is 3. The van der Waals surface area contributed by atoms with Crippen molar-refractivity contribution in [2.45, 2.75) is 56.4 Å². The Hall–Kier alpha value is -5.56. The minimum Gasteiger partial charge on any atom is -0.497 e. The largest absolute Gasteiger partial charge is 0.497 e. The third kappa shape index (κ3) is 9.75. The number of aromatic amines is 1. The molecule has 0 bridgehead atoms. The van der Waals surface area contributed by atoms with Gasteiger partial charge in [0, 0.05) is 18.2 Å². The first-order valence-electron chi connectivity index (χ1n) is 16.0. The minimum atomic E-state index is -1.08. The van der Waals surface area contributed by atoms with Gasteiger partial charge in [-0.3, -0.25) is 9.59 Å². The molecule has 4 N–H and O–H groups in total. The Labute approximate surface area is 295 Å². The Bertz CT molecular complexity index is 1910. The van der Waals surface area contributed by atoms with Crippen LogP contribution in [0.15, 0.2) is 84.0 Å². The zero-order chi connectivity index (χ0) is 35.5. The highest BCUT2D eigenvalue weighted by Crippen LogP contribution is 2.25. The number of thiol groups is 1. The number of fused-ring (bicyclic) bond motifs is 1. The lowest BCUT2D eigenvalue weighted by Gasteiger charge is -2.18. The smallest absolute Gasteiger partial charge is 0.328 e. The molecule has 12 nitrogen and oxygen atoms in total. The lowest BCUT2D eigenvalue weighted by atomic mass is 10.0. The number of nitrogens with two attached hydrogens (primary N) is 1. The van der Waals surface area contributed by atoms with Gasteiger partial charge in [0.15, 0.2) is 0 Å². The number of ether oxygens (including phenoxy) is 4. The van der Waals surface area contributed by atoms with Gasteiger partial charge in [-0.25, -0.2) is 9.78 Å². The van der Waals surface area contributed by atoms with Gasteiger partial charge >= 0.3 is 11.9 Å². The number of hydrogen-bond acceptors (Lipinski definition) is 11. The zero-order valence-electron chi connectivity index (χ0n) is 27.8. The Balaban J connectivity index is 1.17. The lowest BCUT2D eigenvalue weighted by Crippen LogP contribution is -2.42. The molecule has 0 saturated carbocycles. The van der Waals surface area contributed by atoms with Crippen LogP contribution in [0.4, 0.5) is 5.95 Å². The summed E-state index contributed by atoms with van der Waals surface area (Å²) < 4.78 is 21.3. The quantitative estimate of drug-likeness (QED) is 0.0597. The highest BCUT2D eigenvalue weighted by atomic mass is 32.1. The fraction of sp³-hybridized carbons (Fsp3) is 0.270. The molecule has 0 saturated heterocycles. The lowest BCUT2D eigenvalue weighted by molar-refractivity contribution is -0.148. The maximum atomic E-state index is 13.3. The number of esters is 2. The number of rotatable bonds is 16. The number of nitrogens with zero attached hydrogens (tertiary/aromatic N) is 2. The molecular weight excluding hydrogens is 659 g/mol. The van der Waals surface area contributed by atoms with Crippen molar-refractivity contribution in [3.05, 3.63) is 107 Å². The molecule has 50 heavy (non-hydrogen) atoms. The summed E-state index contributed by atoms with van der Waals surface area (Å²) in [4.78, 5) is 50.6. The molecule has 3 aromatic carbocycles. The Morgan fingerprint density at radius 1 is 0.820 bits per heavy atom. The van der Waals surface area contributed by atoms with Crippen LogP contribution in [-0.2, 0) is 45.1 Å². The highest BCUT2D eigenvalue weighted by Gasteiger charge is 2.25. The van der Waals surface area contributed by atoms with Crippen LogP contribution in [0.3, 0.4) is 0 Å². The number of hydrogen-bond donors (Lipinski definition) is 4. The topological polar surface area (TPSA) is 168 Å². The van der Waals surface area contributed by atoms with Crippen molar-refractivity contribution in [2.24, 2.45) is 0 Å². The maximum absolute atomic E-state index is 13.3. The summed E-state index contributed by atoms with van der Waals surface area (Å²) in [5.41, 5.74) is 10.4. The number of H-pyrrole nitrogens is 1. The molecule has 2 aromatic heterocycles. The highest BCUT2D eigenvalue weighted by molar-refractivity contribution is 7.80. The molecule has 0 spiro atoms. The molecule has 0 aliphatic carbocycles. The van der Waals surface area contributed by atoms with Gasteiger partial charge in [-0.2, -0.15) is 4.98 Å². The summed E-state index contributed by atoms with van der Waals surface area (Å²) in [6.45, 7) is 0.0520. The van der Waals surface area contributed by atoms with E-state index in [0.717, 1.165) is 46.9 Å². The molecule has 1 atom stereocenters. The van der Waals surface area contributed by atoms with Crippen molar-refractivity contribution < 1.29 is 33.3 Å². The van der Waals surface area contributed by atoms with Crippen LogP contribution in [0.25, 0.3) is 11.0 Å². The number of aromatic nitrogens is 3. The van der Waals surface area contributed by atoms with E-state index in [0.29, 0.717) is 27.7 Å². The fourth-order valence-corrected chi connectivity index (χ4v) is 5.64. The zero-order valence-corrected chi connectivity index (χ0v) is 28.7. The third-order valence-electron chi connectivity index (χ3n) is 8.07. The number of carbonyl (C=O) groups is 3. The van der Waals surface area contributed by atoms with Crippen LogP contribution in [0.1, 0.15) is 51.9 Å². The SMILES string of the molecule is COc1ccc(COC(=O)CC[C@H](NC(=O)c2ccc(CCCc3c[nH]c4nc(N)nc(S)c34)cc2)C(=O)OCc2ccc(OC)cc2)cc1. The van der Waals surface area contributed by atoms with E-state index < -0.39 is 23.9 Å². The van der Waals surface area contributed by atoms with Crippen LogP contribution < -0.4 is 20.5 Å². The van der Waals surface area contributed by atoms with E-state index in [2.05, 4.69) is 32.9 Å². The first-order chi connectivity index (χ1) is 24.2. The van der Waals surface area contributed by atoms with E-state index in [-0.39, 0.29) is 32.0 Å². The number of anilines is 1. The number of methoxy groups -OCH3 is 2. The van der Waals surface area contributed by atoms with Crippen LogP contribution in [-0.4, -0.2) is 53.1 Å². The van der Waals surface area contributed by atoms with Crippen LogP contribution in [0.2, 0.25) is 0 Å². The molecule has 0 aliphatic rings. The van der Waals surface area contributed by atoms with E-state index in [1.165, 1.54) is 0 Å². The molecule has 13 heteroatoms. The van der Waals surface area contributed by atoms with Gasteiger partial charge in [-0.1, -0.05) is 36.4 Å². The molecule has 0 aliphatic heterocycles. The molecule has 1 amide bonds. The second-order valence-corrected chi connectivity index (χ2v) is 11.9. The molecule has 0 unspecified atom stereocenters. The maximum Gasteiger partial charge on any atom is 0.328 e. The molecule has 5 rings (SSSR count). The molecule has 5 aromatic rings. The van der Waals surface area contributed by atoms with Crippen LogP contribution in [0.5, 0.6) is 11.5 Å². The second-order valence-electron chi connectivity index (χ2n) is 11.5. The predicted octanol–water partition coefficient (Wildman–Crippen LogP) is 5.39. The van der Waals surface area contributed by atoms with Crippen molar-refractivity contribution >= 4 is 47.5 Å². The van der Waals surface area contributed by atoms with Crippen molar-refractivity contribution in [1.82, 2.24) is 20.3 Å². The second kappa shape index (κ2) is 17.2. The van der Waals surface area contributed by atoms with Crippen molar-refractivity contribution in [3.63, 3.8) is 0 Å². The van der Waals surface area contributed by atoms with Gasteiger partial charge in [0.25, 0.3) is 5.91 Å². The van der Waals surface area contributed by atoms with Gasteiger partial charge in [-0.15, -0.1) is 12.6 Å². The molecular formula is C37H39N5O7S. The van der Waals surface area contributed by atoms with E-state index in [9.17, 15) is 14.4 Å². The van der Waals surface area contributed by atoms with E-state index in [1.54, 1.807) is 74.9 Å². The summed E-state index contributed by atoms with van der Waals surface area (Å²) in [6, 6.07) is 20.3. The van der Waals surface area contributed by atoms with Gasteiger partial charge in [0.2, 0.25) is 5.95 Å². The predicted molar refractivity (Wildman–Crippen MR) is 190 cm³/mol. The summed E-state index contributed by atoms with van der Waals surface area (Å²) >= 11 is 4.45. The standard InChI is InChI=1S/C37H39N5O7S/c1-46-28-14-8-24(9-15-28)21-48-31(43)19-18-30(36(45)49-22-25-10-16-29(47-2)17-11-25)40-34(44)26-12-6-23(7-13-26)4-3-5-27-20-39-33-32(27)35(50)42-37(38)41-33/h6-17,20,30H,3-5,18-19,21-22H2,1-2H3,(H,40,44)(H4,38,39,41,42,50)/t30-/m0/s1. The molecule has 260 valence electrons. The Morgan fingerprint density at radius 2 is 1.42 bits per heavy atom. The van der Waals surface area contributed by atoms with E-state index in [1.807, 2.05) is 18.3 Å². The van der Waals surface area contributed by atoms with Crippen molar-refractivity contribution in [2.75, 3.05) is 20.0 Å². The summed E-state index contributed by atoms with van der Waals surface area (Å²) in [5, 5.41) is 4.14. The van der Waals surface area contributed by atoms with Gasteiger partial charge in [0.1, 0.15) is 41.4 Å². The van der Waals surface area contributed by atoms with Gasteiger partial charge < -0.3 is 35.0 Å². The van der Waals surface area contributed by atoms with Gasteiger partial charge in [0.05, 0.1) is 19.6 Å². The van der Waals surface area contributed by atoms with E-state index in [4.69, 9.17) is 24.7 Å². The number of benzene rings is 3.